The Labute approximate surface area is 275 Å². The fourth-order valence-electron chi connectivity index (χ4n) is 8.31. The second-order valence-electron chi connectivity index (χ2n) is 13.7. The highest BCUT2D eigenvalue weighted by Crippen LogP contribution is 2.59. The highest BCUT2D eigenvalue weighted by atomic mass is 28.4. The second kappa shape index (κ2) is 11.9. The van der Waals surface area contributed by atoms with Gasteiger partial charge >= 0.3 is 6.09 Å². The first-order valence-electron chi connectivity index (χ1n) is 16.3. The van der Waals surface area contributed by atoms with E-state index in [9.17, 15) is 24.3 Å². The number of carbonyl (C=O) groups excluding carboxylic acids is 3. The van der Waals surface area contributed by atoms with Crippen LogP contribution < -0.4 is 9.80 Å². The zero-order valence-corrected chi connectivity index (χ0v) is 28.0. The molecule has 1 spiro atoms. The van der Waals surface area contributed by atoms with Crippen LogP contribution >= 0.6 is 0 Å². The molecule has 4 heterocycles. The van der Waals surface area contributed by atoms with Gasteiger partial charge in [-0.15, -0.1) is 0 Å². The molecule has 2 N–H and O–H groups in total. The third kappa shape index (κ3) is 5.25. The summed E-state index contributed by atoms with van der Waals surface area (Å²) in [5.74, 6) is -0.768. The molecule has 4 aliphatic heterocycles. The van der Waals surface area contributed by atoms with Crippen molar-refractivity contribution < 1.29 is 33.8 Å². The monoisotopic (exact) mass is 655 g/mol. The van der Waals surface area contributed by atoms with Crippen molar-refractivity contribution in [1.29, 1.82) is 0 Å². The van der Waals surface area contributed by atoms with Crippen molar-refractivity contribution in [2.24, 2.45) is 5.92 Å². The van der Waals surface area contributed by atoms with Crippen LogP contribution in [0.15, 0.2) is 72.8 Å². The van der Waals surface area contributed by atoms with Gasteiger partial charge in [0.15, 0.2) is 13.9 Å². The molecule has 10 nitrogen and oxygen atoms in total. The minimum absolute atomic E-state index is 0.00224. The van der Waals surface area contributed by atoms with Crippen LogP contribution in [0.3, 0.4) is 0 Å². The van der Waals surface area contributed by atoms with E-state index in [-0.39, 0.29) is 43.5 Å². The van der Waals surface area contributed by atoms with Crippen LogP contribution in [-0.2, 0) is 44.2 Å². The molecule has 0 saturated carbocycles. The predicted octanol–water partition coefficient (Wildman–Crippen LogP) is 4.32. The lowest BCUT2D eigenvalue weighted by Crippen LogP contribution is -2.48. The summed E-state index contributed by atoms with van der Waals surface area (Å²) in [5.41, 5.74) is 3.53. The summed E-state index contributed by atoms with van der Waals surface area (Å²) < 4.78 is 12.0. The number of ether oxygens (including phenoxy) is 2. The maximum atomic E-state index is 14.7. The zero-order valence-electron chi connectivity index (χ0n) is 27.0. The normalized spacial score (nSPS) is 27.0. The van der Waals surface area contributed by atoms with E-state index >= 15 is 0 Å². The molecule has 4 aliphatic rings. The van der Waals surface area contributed by atoms with E-state index < -0.39 is 31.5 Å². The summed E-state index contributed by atoms with van der Waals surface area (Å²) in [4.78, 5) is 57.5. The molecule has 2 saturated heterocycles. The molecule has 0 aliphatic carbocycles. The van der Waals surface area contributed by atoms with Gasteiger partial charge in [0.05, 0.1) is 44.0 Å². The molecule has 0 radical (unpaired) electrons. The van der Waals surface area contributed by atoms with Crippen molar-refractivity contribution in [1.82, 2.24) is 4.90 Å². The standard InChI is InChI=1S/C36H41N3O7Si/c1-23-33(47(2,3)44)31(19-32(41)38-21-26-9-5-4-8-25(26)18-28(38)22-40)46-36(23)29-10-6-7-11-30(29)39(34(36)42)20-24-12-14-27(15-13-24)37-16-17-45-35(37)43/h4-15,23,28,31,33,40,44H,16-22H2,1-3H3/t23-,28-,31+,33-,36+/m0/s1. The van der Waals surface area contributed by atoms with E-state index in [1.807, 2.05) is 92.8 Å². The summed E-state index contributed by atoms with van der Waals surface area (Å²) >= 11 is 0. The number of rotatable bonds is 7. The molecule has 0 aromatic heterocycles. The second-order valence-corrected chi connectivity index (χ2v) is 17.7. The zero-order chi connectivity index (χ0) is 33.1. The molecule has 3 amide bonds. The van der Waals surface area contributed by atoms with Crippen LogP contribution in [0.1, 0.15) is 35.6 Å². The number of carbonyl (C=O) groups is 3. The number of benzene rings is 3. The van der Waals surface area contributed by atoms with E-state index in [4.69, 9.17) is 9.47 Å². The van der Waals surface area contributed by atoms with E-state index in [1.165, 1.54) is 0 Å². The number of aliphatic hydroxyl groups is 1. The van der Waals surface area contributed by atoms with E-state index in [2.05, 4.69) is 0 Å². The van der Waals surface area contributed by atoms with E-state index in [1.54, 1.807) is 14.7 Å². The Morgan fingerprint density at radius 3 is 2.38 bits per heavy atom. The minimum atomic E-state index is -2.97. The van der Waals surface area contributed by atoms with Crippen molar-refractivity contribution >= 4 is 37.6 Å². The number of amides is 3. The highest BCUT2D eigenvalue weighted by Gasteiger charge is 2.66. The van der Waals surface area contributed by atoms with Crippen molar-refractivity contribution in [2.45, 2.75) is 69.2 Å². The summed E-state index contributed by atoms with van der Waals surface area (Å²) in [5, 5.41) is 10.2. The fourth-order valence-corrected chi connectivity index (χ4v) is 10.9. The Balaban J connectivity index is 1.18. The molecular formula is C36H41N3O7Si. The summed E-state index contributed by atoms with van der Waals surface area (Å²) in [6.07, 6.45) is -0.483. The van der Waals surface area contributed by atoms with Gasteiger partial charge in [-0.05, 0) is 54.4 Å². The Morgan fingerprint density at radius 1 is 1.00 bits per heavy atom. The summed E-state index contributed by atoms with van der Waals surface area (Å²) in [6.45, 7) is 7.05. The number of hydrogen-bond acceptors (Lipinski definition) is 7. The number of cyclic esters (lactones) is 1. The first-order chi connectivity index (χ1) is 22.5. The molecule has 3 aromatic rings. The predicted molar refractivity (Wildman–Crippen MR) is 178 cm³/mol. The van der Waals surface area contributed by atoms with Gasteiger partial charge in [0.1, 0.15) is 6.61 Å². The summed E-state index contributed by atoms with van der Waals surface area (Å²) in [6, 6.07) is 22.8. The van der Waals surface area contributed by atoms with Crippen LogP contribution in [0, 0.1) is 5.92 Å². The van der Waals surface area contributed by atoms with Crippen LogP contribution in [0.4, 0.5) is 16.2 Å². The number of hydrogen-bond donors (Lipinski definition) is 2. The average Bonchev–Trinajstić information content (AvgIpc) is 3.69. The number of fused-ring (bicyclic) bond motifs is 3. The van der Waals surface area contributed by atoms with Crippen molar-refractivity contribution in [3.63, 3.8) is 0 Å². The average molecular weight is 656 g/mol. The quantitative estimate of drug-likeness (QED) is 0.364. The minimum Gasteiger partial charge on any atom is -0.447 e. The molecule has 2 fully saturated rings. The molecule has 11 heteroatoms. The molecule has 5 atom stereocenters. The first kappa shape index (κ1) is 31.6. The Bertz CT molecular complexity index is 1710. The Kier molecular flexibility index (Phi) is 7.98. The van der Waals surface area contributed by atoms with Gasteiger partial charge in [-0.2, -0.15) is 0 Å². The number of anilines is 2. The lowest BCUT2D eigenvalue weighted by Gasteiger charge is -2.37. The van der Waals surface area contributed by atoms with Gasteiger partial charge in [-0.25, -0.2) is 4.79 Å². The molecule has 0 bridgehead atoms. The van der Waals surface area contributed by atoms with Crippen LogP contribution in [-0.4, -0.2) is 72.9 Å². The van der Waals surface area contributed by atoms with Gasteiger partial charge in [-0.1, -0.05) is 61.5 Å². The van der Waals surface area contributed by atoms with Gasteiger partial charge < -0.3 is 29.2 Å². The van der Waals surface area contributed by atoms with Gasteiger partial charge in [0, 0.05) is 29.3 Å². The van der Waals surface area contributed by atoms with Gasteiger partial charge in [0.25, 0.3) is 5.91 Å². The maximum Gasteiger partial charge on any atom is 0.414 e. The maximum absolute atomic E-state index is 14.7. The lowest BCUT2D eigenvalue weighted by molar-refractivity contribution is -0.151. The van der Waals surface area contributed by atoms with Crippen LogP contribution in [0.5, 0.6) is 0 Å². The van der Waals surface area contributed by atoms with Crippen LogP contribution in [0.2, 0.25) is 18.6 Å². The molecule has 3 aromatic carbocycles. The molecule has 0 unspecified atom stereocenters. The number of aliphatic hydroxyl groups excluding tert-OH is 1. The largest absolute Gasteiger partial charge is 0.447 e. The Hall–Kier alpha value is -4.03. The SMILES string of the molecule is C[C@H]1[C@H]([Si](C)(C)O)[C@@H](CC(=O)N2Cc3ccccc3C[C@H]2CO)O[C@]12C(=O)N(Cc1ccc(N3CCOC3=O)cc1)c1ccccc12. The smallest absolute Gasteiger partial charge is 0.414 e. The van der Waals surface area contributed by atoms with E-state index in [0.717, 1.165) is 33.6 Å². The lowest BCUT2D eigenvalue weighted by atomic mass is 9.82. The summed E-state index contributed by atoms with van der Waals surface area (Å²) in [7, 11) is -2.97. The van der Waals surface area contributed by atoms with Gasteiger partial charge in [0.2, 0.25) is 5.91 Å². The van der Waals surface area contributed by atoms with E-state index in [0.29, 0.717) is 26.1 Å². The third-order valence-corrected chi connectivity index (χ3v) is 13.0. The number of para-hydroxylation sites is 1. The first-order valence-corrected chi connectivity index (χ1v) is 19.4. The van der Waals surface area contributed by atoms with Crippen molar-refractivity contribution in [3.05, 3.63) is 95.1 Å². The molecule has 7 rings (SSSR count). The van der Waals surface area contributed by atoms with Crippen molar-refractivity contribution in [3.8, 4) is 0 Å². The molecular weight excluding hydrogens is 614 g/mol. The fraction of sp³-hybridized carbons (Fsp3) is 0.417. The number of nitrogens with zero attached hydrogens (tertiary/aromatic N) is 3. The highest BCUT2D eigenvalue weighted by molar-refractivity contribution is 6.71. The molecule has 246 valence electrons. The Morgan fingerprint density at radius 2 is 1.70 bits per heavy atom. The third-order valence-electron chi connectivity index (χ3n) is 10.5. The van der Waals surface area contributed by atoms with Gasteiger partial charge in [-0.3, -0.25) is 14.5 Å². The van der Waals surface area contributed by atoms with Crippen molar-refractivity contribution in [2.75, 3.05) is 29.6 Å². The molecule has 47 heavy (non-hydrogen) atoms. The topological polar surface area (TPSA) is 120 Å². The van der Waals surface area contributed by atoms with Crippen LogP contribution in [0.25, 0.3) is 0 Å².